The van der Waals surface area contributed by atoms with Gasteiger partial charge in [0.1, 0.15) is 0 Å². The van der Waals surface area contributed by atoms with Gasteiger partial charge in [-0.3, -0.25) is 4.79 Å². The molecule has 0 spiro atoms. The number of methoxy groups -OCH3 is 1. The van der Waals surface area contributed by atoms with Crippen molar-refractivity contribution in [3.63, 3.8) is 0 Å². The van der Waals surface area contributed by atoms with E-state index in [9.17, 15) is 13.2 Å². The lowest BCUT2D eigenvalue weighted by molar-refractivity contribution is 0.102. The first kappa shape index (κ1) is 20.2. The summed E-state index contributed by atoms with van der Waals surface area (Å²) in [6.45, 7) is 0.119. The molecule has 8 heteroatoms. The van der Waals surface area contributed by atoms with Gasteiger partial charge in [-0.2, -0.15) is 0 Å². The van der Waals surface area contributed by atoms with Crippen LogP contribution in [0.3, 0.4) is 0 Å². The van der Waals surface area contributed by atoms with Gasteiger partial charge in [-0.05, 0) is 42.5 Å². The Kier molecular flexibility index (Phi) is 6.63. The van der Waals surface area contributed by atoms with Gasteiger partial charge in [-0.25, -0.2) is 8.42 Å². The molecule has 1 N–H and O–H groups in total. The maximum absolute atomic E-state index is 12.3. The minimum Gasteiger partial charge on any atom is -0.384 e. The number of ether oxygens (including phenoxy) is 1. The van der Waals surface area contributed by atoms with E-state index in [2.05, 4.69) is 5.32 Å². The molecule has 0 aliphatic heterocycles. The summed E-state index contributed by atoms with van der Waals surface area (Å²) in [5, 5.41) is 3.27. The Hall–Kier alpha value is -2.09. The number of hydrogen-bond acceptors (Lipinski definition) is 5. The van der Waals surface area contributed by atoms with E-state index in [0.717, 1.165) is 5.69 Å². The average Bonchev–Trinajstić information content (AvgIpc) is 2.60. The molecule has 0 aromatic heterocycles. The molecule has 0 saturated carbocycles. The summed E-state index contributed by atoms with van der Waals surface area (Å²) >= 11 is 6.20. The van der Waals surface area contributed by atoms with E-state index in [1.165, 1.54) is 31.4 Å². The number of benzene rings is 2. The quantitative estimate of drug-likeness (QED) is 0.778. The Bertz CT molecular complexity index is 881. The Morgan fingerprint density at radius 2 is 1.81 bits per heavy atom. The van der Waals surface area contributed by atoms with Gasteiger partial charge in [0.2, 0.25) is 0 Å². The van der Waals surface area contributed by atoms with Crippen LogP contribution in [0.25, 0.3) is 0 Å². The van der Waals surface area contributed by atoms with Crippen LogP contribution in [-0.4, -0.2) is 47.9 Å². The van der Waals surface area contributed by atoms with E-state index >= 15 is 0 Å². The minimum atomic E-state index is -3.42. The number of halogens is 1. The smallest absolute Gasteiger partial charge is 0.255 e. The highest BCUT2D eigenvalue weighted by Crippen LogP contribution is 2.27. The lowest BCUT2D eigenvalue weighted by Gasteiger charge is -2.15. The molecule has 0 fully saturated rings. The molecule has 2 rings (SSSR count). The molecule has 0 heterocycles. The second-order valence-electron chi connectivity index (χ2n) is 5.85. The van der Waals surface area contributed by atoms with Gasteiger partial charge in [-0.15, -0.1) is 0 Å². The van der Waals surface area contributed by atoms with Crippen LogP contribution < -0.4 is 10.2 Å². The monoisotopic (exact) mass is 396 g/mol. The summed E-state index contributed by atoms with van der Waals surface area (Å²) in [7, 11) is 1.78. The summed E-state index contributed by atoms with van der Waals surface area (Å²) in [5.74, 6) is -0.453. The Morgan fingerprint density at radius 1 is 1.15 bits per heavy atom. The lowest BCUT2D eigenvalue weighted by Crippen LogP contribution is -2.14. The van der Waals surface area contributed by atoms with Gasteiger partial charge in [-0.1, -0.05) is 11.6 Å². The number of carbonyl (C=O) groups is 1. The maximum atomic E-state index is 12.3. The summed E-state index contributed by atoms with van der Waals surface area (Å²) < 4.78 is 29.0. The summed E-state index contributed by atoms with van der Waals surface area (Å²) in [5.41, 5.74) is 1.75. The third kappa shape index (κ3) is 4.97. The molecule has 140 valence electrons. The zero-order valence-electron chi connectivity index (χ0n) is 14.8. The van der Waals surface area contributed by atoms with E-state index in [-0.39, 0.29) is 23.2 Å². The average molecular weight is 397 g/mol. The van der Waals surface area contributed by atoms with Crippen molar-refractivity contribution in [2.75, 3.05) is 43.8 Å². The first-order valence-corrected chi connectivity index (χ1v) is 9.87. The first-order chi connectivity index (χ1) is 12.2. The molecule has 0 unspecified atom stereocenters. The van der Waals surface area contributed by atoms with Crippen LogP contribution in [0.1, 0.15) is 10.4 Å². The van der Waals surface area contributed by atoms with Crippen LogP contribution in [-0.2, 0) is 14.6 Å². The van der Waals surface area contributed by atoms with Crippen LogP contribution in [0.15, 0.2) is 47.4 Å². The molecule has 0 aliphatic rings. The van der Waals surface area contributed by atoms with Crippen molar-refractivity contribution in [3.05, 3.63) is 53.1 Å². The van der Waals surface area contributed by atoms with Crippen molar-refractivity contribution < 1.29 is 17.9 Å². The molecule has 0 bridgehead atoms. The van der Waals surface area contributed by atoms with E-state index in [4.69, 9.17) is 16.3 Å². The Labute approximate surface area is 158 Å². The van der Waals surface area contributed by atoms with Crippen LogP contribution in [0.5, 0.6) is 0 Å². The number of rotatable bonds is 7. The second-order valence-corrected chi connectivity index (χ2v) is 8.37. The highest BCUT2D eigenvalue weighted by molar-refractivity contribution is 7.91. The van der Waals surface area contributed by atoms with Crippen molar-refractivity contribution in [1.29, 1.82) is 0 Å². The van der Waals surface area contributed by atoms with Gasteiger partial charge < -0.3 is 15.0 Å². The van der Waals surface area contributed by atoms with Crippen LogP contribution in [0.2, 0.25) is 5.02 Å². The van der Waals surface area contributed by atoms with E-state index in [1.807, 2.05) is 25.1 Å². The number of nitrogens with one attached hydrogen (secondary N) is 1. The Balaban J connectivity index is 2.12. The van der Waals surface area contributed by atoms with E-state index < -0.39 is 9.84 Å². The zero-order valence-corrected chi connectivity index (χ0v) is 16.4. The van der Waals surface area contributed by atoms with E-state index in [0.29, 0.717) is 16.3 Å². The fraction of sp³-hybridized carbons (Fsp3) is 0.278. The second kappa shape index (κ2) is 8.53. The molecule has 26 heavy (non-hydrogen) atoms. The summed E-state index contributed by atoms with van der Waals surface area (Å²) in [6, 6.07) is 11.0. The summed E-state index contributed by atoms with van der Waals surface area (Å²) in [4.78, 5) is 14.4. The third-order valence-corrected chi connectivity index (χ3v) is 5.72. The van der Waals surface area contributed by atoms with Crippen molar-refractivity contribution >= 4 is 38.7 Å². The Morgan fingerprint density at radius 3 is 2.35 bits per heavy atom. The van der Waals surface area contributed by atoms with Crippen molar-refractivity contribution in [1.82, 2.24) is 0 Å². The number of hydrogen-bond donors (Lipinski definition) is 1. The predicted octanol–water partition coefficient (Wildman–Crippen LogP) is 3.08. The maximum Gasteiger partial charge on any atom is 0.255 e. The van der Waals surface area contributed by atoms with Crippen LogP contribution in [0, 0.1) is 0 Å². The molecule has 0 radical (unpaired) electrons. The predicted molar refractivity (Wildman–Crippen MR) is 104 cm³/mol. The lowest BCUT2D eigenvalue weighted by atomic mass is 10.2. The normalized spacial score (nSPS) is 11.2. The number of sulfone groups is 1. The molecule has 1 amide bonds. The van der Waals surface area contributed by atoms with Gasteiger partial charge in [0.15, 0.2) is 9.84 Å². The number of carbonyl (C=O) groups excluding carboxylic acids is 1. The van der Waals surface area contributed by atoms with Crippen molar-refractivity contribution in [3.8, 4) is 0 Å². The van der Waals surface area contributed by atoms with Gasteiger partial charge in [0.25, 0.3) is 5.91 Å². The fourth-order valence-corrected chi connectivity index (χ4v) is 3.80. The fourth-order valence-electron chi connectivity index (χ4n) is 2.28. The van der Waals surface area contributed by atoms with Gasteiger partial charge in [0.05, 0.1) is 28.0 Å². The highest BCUT2D eigenvalue weighted by Gasteiger charge is 2.15. The van der Waals surface area contributed by atoms with E-state index in [1.54, 1.807) is 12.1 Å². The first-order valence-electron chi connectivity index (χ1n) is 7.84. The molecule has 0 atom stereocenters. The van der Waals surface area contributed by atoms with Crippen molar-refractivity contribution in [2.24, 2.45) is 0 Å². The SMILES string of the molecule is COCCS(=O)(=O)c1ccc(C(=O)Nc2ccc(N(C)C)c(Cl)c2)cc1. The molecular weight excluding hydrogens is 376 g/mol. The number of amides is 1. The molecular formula is C18H21ClN2O4S. The number of nitrogens with zero attached hydrogens (tertiary/aromatic N) is 1. The summed E-state index contributed by atoms with van der Waals surface area (Å²) in [6.07, 6.45) is 0. The van der Waals surface area contributed by atoms with Gasteiger partial charge >= 0.3 is 0 Å². The van der Waals surface area contributed by atoms with Crippen molar-refractivity contribution in [2.45, 2.75) is 4.90 Å². The van der Waals surface area contributed by atoms with Crippen LogP contribution in [0.4, 0.5) is 11.4 Å². The zero-order chi connectivity index (χ0) is 19.3. The largest absolute Gasteiger partial charge is 0.384 e. The standard InChI is InChI=1S/C18H21ClN2O4S/c1-21(2)17-9-6-14(12-16(17)19)20-18(22)13-4-7-15(8-5-13)26(23,24)11-10-25-3/h4-9,12H,10-11H2,1-3H3,(H,20,22). The minimum absolute atomic E-state index is 0.105. The topological polar surface area (TPSA) is 75.7 Å². The highest BCUT2D eigenvalue weighted by atomic mass is 35.5. The molecule has 0 saturated heterocycles. The van der Waals surface area contributed by atoms with Gasteiger partial charge in [0, 0.05) is 32.5 Å². The molecule has 2 aromatic rings. The molecule has 0 aliphatic carbocycles. The third-order valence-electron chi connectivity index (χ3n) is 3.72. The number of anilines is 2. The molecule has 2 aromatic carbocycles. The van der Waals surface area contributed by atoms with Crippen LogP contribution >= 0.6 is 11.6 Å². The molecule has 6 nitrogen and oxygen atoms in total.